The van der Waals surface area contributed by atoms with E-state index in [1.807, 2.05) is 31.1 Å². The molecule has 6 heteroatoms. The summed E-state index contributed by atoms with van der Waals surface area (Å²) in [6, 6.07) is 2.03. The van der Waals surface area contributed by atoms with E-state index in [2.05, 4.69) is 9.97 Å². The molecule has 1 aromatic rings. The molecule has 0 bridgehead atoms. The first kappa shape index (κ1) is 12.6. The van der Waals surface area contributed by atoms with Crippen molar-refractivity contribution in [1.29, 1.82) is 5.26 Å². The molecular formula is C10H15N5S. The SMILES string of the molecule is CCN(CC)c1nc(N)c(C#N)c(SC)n1. The molecule has 0 amide bonds. The number of nitriles is 1. The first-order valence-corrected chi connectivity index (χ1v) is 6.26. The molecule has 0 unspecified atom stereocenters. The zero-order valence-electron chi connectivity index (χ0n) is 9.69. The van der Waals surface area contributed by atoms with Crippen LogP contribution in [0.4, 0.5) is 11.8 Å². The van der Waals surface area contributed by atoms with E-state index in [-0.39, 0.29) is 5.82 Å². The quantitative estimate of drug-likeness (QED) is 0.631. The molecule has 1 heterocycles. The van der Waals surface area contributed by atoms with Crippen LogP contribution in [0.3, 0.4) is 0 Å². The van der Waals surface area contributed by atoms with E-state index in [0.29, 0.717) is 16.5 Å². The van der Waals surface area contributed by atoms with Gasteiger partial charge in [0.05, 0.1) is 0 Å². The molecule has 0 atom stereocenters. The second-order valence-electron chi connectivity index (χ2n) is 3.08. The van der Waals surface area contributed by atoms with Crippen molar-refractivity contribution in [3.05, 3.63) is 5.56 Å². The van der Waals surface area contributed by atoms with Gasteiger partial charge in [0.25, 0.3) is 0 Å². The van der Waals surface area contributed by atoms with Gasteiger partial charge < -0.3 is 10.6 Å². The van der Waals surface area contributed by atoms with Crippen LogP contribution < -0.4 is 10.6 Å². The number of anilines is 2. The topological polar surface area (TPSA) is 78.8 Å². The van der Waals surface area contributed by atoms with Gasteiger partial charge in [0.1, 0.15) is 22.5 Å². The summed E-state index contributed by atoms with van der Waals surface area (Å²) in [6.07, 6.45) is 1.87. The number of thioether (sulfide) groups is 1. The lowest BCUT2D eigenvalue weighted by molar-refractivity contribution is 0.808. The summed E-state index contributed by atoms with van der Waals surface area (Å²) >= 11 is 1.41. The molecule has 16 heavy (non-hydrogen) atoms. The number of hydrogen-bond acceptors (Lipinski definition) is 6. The molecule has 5 nitrogen and oxygen atoms in total. The molecule has 1 rings (SSSR count). The standard InChI is InChI=1S/C10H15N5S/c1-4-15(5-2)10-13-8(12)7(6-11)9(14-10)16-3/h4-5H2,1-3H3,(H2,12,13,14). The Morgan fingerprint density at radius 1 is 1.38 bits per heavy atom. The second kappa shape index (κ2) is 5.56. The predicted octanol–water partition coefficient (Wildman–Crippen LogP) is 1.50. The van der Waals surface area contributed by atoms with Crippen LogP contribution in [0.1, 0.15) is 19.4 Å². The smallest absolute Gasteiger partial charge is 0.228 e. The summed E-state index contributed by atoms with van der Waals surface area (Å²) in [5, 5.41) is 9.57. The second-order valence-corrected chi connectivity index (χ2v) is 3.87. The fraction of sp³-hybridized carbons (Fsp3) is 0.500. The minimum atomic E-state index is 0.253. The first-order chi connectivity index (χ1) is 7.67. The fourth-order valence-corrected chi connectivity index (χ4v) is 1.87. The van der Waals surface area contributed by atoms with Gasteiger partial charge in [0, 0.05) is 13.1 Å². The Balaban J connectivity index is 3.26. The molecule has 1 aromatic heterocycles. The number of aromatic nitrogens is 2. The number of nitrogens with two attached hydrogens (primary N) is 1. The Labute approximate surface area is 99.7 Å². The lowest BCUT2D eigenvalue weighted by atomic mass is 10.3. The number of hydrogen-bond donors (Lipinski definition) is 1. The third-order valence-electron chi connectivity index (χ3n) is 2.24. The van der Waals surface area contributed by atoms with Gasteiger partial charge in [-0.15, -0.1) is 11.8 Å². The van der Waals surface area contributed by atoms with E-state index in [4.69, 9.17) is 11.0 Å². The van der Waals surface area contributed by atoms with Gasteiger partial charge in [-0.2, -0.15) is 10.2 Å². The molecule has 0 saturated carbocycles. The van der Waals surface area contributed by atoms with E-state index < -0.39 is 0 Å². The van der Waals surface area contributed by atoms with Crippen molar-refractivity contribution in [1.82, 2.24) is 9.97 Å². The van der Waals surface area contributed by atoms with E-state index in [1.165, 1.54) is 11.8 Å². The van der Waals surface area contributed by atoms with Crippen LogP contribution in [0, 0.1) is 11.3 Å². The molecule has 2 N–H and O–H groups in total. The highest BCUT2D eigenvalue weighted by Crippen LogP contribution is 2.24. The average Bonchev–Trinajstić information content (AvgIpc) is 2.29. The molecular weight excluding hydrogens is 222 g/mol. The van der Waals surface area contributed by atoms with Crippen molar-refractivity contribution in [2.75, 3.05) is 30.0 Å². The third-order valence-corrected chi connectivity index (χ3v) is 2.93. The summed E-state index contributed by atoms with van der Waals surface area (Å²) in [7, 11) is 0. The van der Waals surface area contributed by atoms with Crippen LogP contribution in [-0.4, -0.2) is 29.3 Å². The van der Waals surface area contributed by atoms with E-state index >= 15 is 0 Å². The normalized spacial score (nSPS) is 9.88. The zero-order chi connectivity index (χ0) is 12.1. The monoisotopic (exact) mass is 237 g/mol. The summed E-state index contributed by atoms with van der Waals surface area (Å²) in [4.78, 5) is 10.5. The minimum Gasteiger partial charge on any atom is -0.382 e. The first-order valence-electron chi connectivity index (χ1n) is 5.04. The van der Waals surface area contributed by atoms with Crippen molar-refractivity contribution in [2.45, 2.75) is 18.9 Å². The van der Waals surface area contributed by atoms with Gasteiger partial charge in [-0.25, -0.2) is 4.98 Å². The summed E-state index contributed by atoms with van der Waals surface area (Å²) < 4.78 is 0. The summed E-state index contributed by atoms with van der Waals surface area (Å²) in [6.45, 7) is 5.69. The highest BCUT2D eigenvalue weighted by atomic mass is 32.2. The maximum absolute atomic E-state index is 8.94. The van der Waals surface area contributed by atoms with Crippen molar-refractivity contribution in [3.63, 3.8) is 0 Å². The van der Waals surface area contributed by atoms with Crippen molar-refractivity contribution < 1.29 is 0 Å². The van der Waals surface area contributed by atoms with Crippen molar-refractivity contribution in [3.8, 4) is 6.07 Å². The van der Waals surface area contributed by atoms with Crippen LogP contribution in [0.2, 0.25) is 0 Å². The Bertz CT molecular complexity index is 408. The Morgan fingerprint density at radius 3 is 2.44 bits per heavy atom. The summed E-state index contributed by atoms with van der Waals surface area (Å²) in [5.74, 6) is 0.842. The molecule has 0 spiro atoms. The zero-order valence-corrected chi connectivity index (χ0v) is 10.5. The van der Waals surface area contributed by atoms with Crippen LogP contribution in [0.5, 0.6) is 0 Å². The third kappa shape index (κ3) is 2.36. The average molecular weight is 237 g/mol. The Morgan fingerprint density at radius 2 is 2.00 bits per heavy atom. The van der Waals surface area contributed by atoms with Gasteiger partial charge in [0.2, 0.25) is 5.95 Å². The molecule has 0 aliphatic heterocycles. The number of nitrogens with zero attached hydrogens (tertiary/aromatic N) is 4. The van der Waals surface area contributed by atoms with E-state index in [1.54, 1.807) is 0 Å². The molecule has 0 aromatic carbocycles. The Hall–Kier alpha value is -1.48. The lowest BCUT2D eigenvalue weighted by Gasteiger charge is -2.19. The highest BCUT2D eigenvalue weighted by Gasteiger charge is 2.14. The van der Waals surface area contributed by atoms with Gasteiger partial charge in [0.15, 0.2) is 0 Å². The van der Waals surface area contributed by atoms with Crippen molar-refractivity contribution >= 4 is 23.5 Å². The Kier molecular flexibility index (Phi) is 4.38. The van der Waals surface area contributed by atoms with E-state index in [0.717, 1.165) is 13.1 Å². The fourth-order valence-electron chi connectivity index (χ4n) is 1.35. The molecule has 0 fully saturated rings. The van der Waals surface area contributed by atoms with Gasteiger partial charge >= 0.3 is 0 Å². The molecule has 0 saturated heterocycles. The van der Waals surface area contributed by atoms with Gasteiger partial charge in [-0.1, -0.05) is 0 Å². The van der Waals surface area contributed by atoms with Crippen LogP contribution in [-0.2, 0) is 0 Å². The van der Waals surface area contributed by atoms with Crippen LogP contribution in [0.25, 0.3) is 0 Å². The predicted molar refractivity (Wildman–Crippen MR) is 66.5 cm³/mol. The maximum atomic E-state index is 8.94. The van der Waals surface area contributed by atoms with Gasteiger partial charge in [-0.05, 0) is 20.1 Å². The molecule has 0 radical (unpaired) electrons. The molecule has 0 aliphatic carbocycles. The molecule has 0 aliphatic rings. The van der Waals surface area contributed by atoms with E-state index in [9.17, 15) is 0 Å². The summed E-state index contributed by atoms with van der Waals surface area (Å²) in [5.41, 5.74) is 6.11. The van der Waals surface area contributed by atoms with Crippen LogP contribution >= 0.6 is 11.8 Å². The highest BCUT2D eigenvalue weighted by molar-refractivity contribution is 7.98. The number of rotatable bonds is 4. The van der Waals surface area contributed by atoms with Gasteiger partial charge in [-0.3, -0.25) is 0 Å². The van der Waals surface area contributed by atoms with Crippen LogP contribution in [0.15, 0.2) is 5.03 Å². The number of nitrogen functional groups attached to an aromatic ring is 1. The molecule has 86 valence electrons. The lowest BCUT2D eigenvalue weighted by Crippen LogP contribution is -2.25. The maximum Gasteiger partial charge on any atom is 0.228 e. The minimum absolute atomic E-state index is 0.253. The van der Waals surface area contributed by atoms with Crippen molar-refractivity contribution in [2.24, 2.45) is 0 Å². The largest absolute Gasteiger partial charge is 0.382 e.